The fourth-order valence-corrected chi connectivity index (χ4v) is 5.56. The number of halogens is 1. The van der Waals surface area contributed by atoms with Gasteiger partial charge in [0.2, 0.25) is 5.91 Å². The van der Waals surface area contributed by atoms with Crippen LogP contribution in [-0.4, -0.2) is 41.3 Å². The van der Waals surface area contributed by atoms with Crippen LogP contribution in [0.3, 0.4) is 0 Å². The molecule has 0 fully saturated rings. The third kappa shape index (κ3) is 5.59. The maximum atomic E-state index is 13.8. The summed E-state index contributed by atoms with van der Waals surface area (Å²) in [4.78, 5) is 31.8. The van der Waals surface area contributed by atoms with Crippen LogP contribution in [0.1, 0.15) is 38.2 Å². The Labute approximate surface area is 218 Å². The molecule has 1 aliphatic heterocycles. The number of carbonyl (C=O) groups is 2. The van der Waals surface area contributed by atoms with Crippen LogP contribution in [0.15, 0.2) is 82.8 Å². The zero-order valence-electron chi connectivity index (χ0n) is 20.4. The van der Waals surface area contributed by atoms with E-state index in [-0.39, 0.29) is 43.4 Å². The SMILES string of the molecule is Cc1ccccc1C(=O)N(CC(=O)N1CCc2sccc2[C@@H]1COc1cccc(F)c1)Cc1ccco1. The van der Waals surface area contributed by atoms with E-state index in [0.717, 1.165) is 17.5 Å². The number of hydrogen-bond donors (Lipinski definition) is 0. The second kappa shape index (κ2) is 11.0. The molecule has 6 nitrogen and oxygen atoms in total. The van der Waals surface area contributed by atoms with E-state index >= 15 is 0 Å². The van der Waals surface area contributed by atoms with Crippen molar-refractivity contribution in [2.75, 3.05) is 19.7 Å². The summed E-state index contributed by atoms with van der Waals surface area (Å²) in [7, 11) is 0. The number of hydrogen-bond acceptors (Lipinski definition) is 5. The molecule has 3 heterocycles. The smallest absolute Gasteiger partial charge is 0.255 e. The topological polar surface area (TPSA) is 63.0 Å². The summed E-state index contributed by atoms with van der Waals surface area (Å²) >= 11 is 1.66. The number of rotatable bonds is 8. The number of ether oxygens (including phenoxy) is 1. The summed E-state index contributed by atoms with van der Waals surface area (Å²) in [6.07, 6.45) is 2.29. The number of aryl methyl sites for hydroxylation is 1. The predicted molar refractivity (Wildman–Crippen MR) is 139 cm³/mol. The highest BCUT2D eigenvalue weighted by molar-refractivity contribution is 7.10. The number of thiophene rings is 1. The maximum Gasteiger partial charge on any atom is 0.255 e. The molecule has 8 heteroatoms. The highest BCUT2D eigenvalue weighted by atomic mass is 32.1. The summed E-state index contributed by atoms with van der Waals surface area (Å²) in [5.74, 6) is 0.207. The second-order valence-electron chi connectivity index (χ2n) is 8.98. The Morgan fingerprint density at radius 3 is 2.78 bits per heavy atom. The largest absolute Gasteiger partial charge is 0.491 e. The number of fused-ring (bicyclic) bond motifs is 1. The zero-order chi connectivity index (χ0) is 25.8. The summed E-state index contributed by atoms with van der Waals surface area (Å²) in [6, 6.07) is 18.5. The fourth-order valence-electron chi connectivity index (χ4n) is 4.63. The lowest BCUT2D eigenvalue weighted by atomic mass is 10.00. The molecule has 0 N–H and O–H groups in total. The van der Waals surface area contributed by atoms with Gasteiger partial charge >= 0.3 is 0 Å². The molecular formula is C29H27FN2O4S. The molecule has 0 saturated heterocycles. The molecule has 37 heavy (non-hydrogen) atoms. The maximum absolute atomic E-state index is 13.8. The lowest BCUT2D eigenvalue weighted by Gasteiger charge is -2.37. The molecule has 0 bridgehead atoms. The van der Waals surface area contributed by atoms with E-state index in [0.29, 0.717) is 23.6 Å². The lowest BCUT2D eigenvalue weighted by Crippen LogP contribution is -2.47. The minimum Gasteiger partial charge on any atom is -0.491 e. The van der Waals surface area contributed by atoms with Gasteiger partial charge in [-0.25, -0.2) is 4.39 Å². The van der Waals surface area contributed by atoms with Gasteiger partial charge in [0.25, 0.3) is 5.91 Å². The van der Waals surface area contributed by atoms with Crippen molar-refractivity contribution in [3.8, 4) is 5.75 Å². The van der Waals surface area contributed by atoms with Gasteiger partial charge in [0.15, 0.2) is 0 Å². The van der Waals surface area contributed by atoms with Crippen molar-refractivity contribution in [2.45, 2.75) is 25.9 Å². The third-order valence-corrected chi connectivity index (χ3v) is 7.53. The first-order valence-electron chi connectivity index (χ1n) is 12.1. The van der Waals surface area contributed by atoms with Gasteiger partial charge in [-0.1, -0.05) is 24.3 Å². The Hall–Kier alpha value is -3.91. The lowest BCUT2D eigenvalue weighted by molar-refractivity contribution is -0.135. The summed E-state index contributed by atoms with van der Waals surface area (Å²) in [6.45, 7) is 2.64. The molecule has 1 atom stereocenters. The first kappa shape index (κ1) is 24.8. The third-order valence-electron chi connectivity index (χ3n) is 6.53. The van der Waals surface area contributed by atoms with Gasteiger partial charge in [-0.15, -0.1) is 11.3 Å². The van der Waals surface area contributed by atoms with E-state index in [1.807, 2.05) is 36.6 Å². The molecule has 0 spiro atoms. The van der Waals surface area contributed by atoms with Crippen molar-refractivity contribution in [2.24, 2.45) is 0 Å². The zero-order valence-corrected chi connectivity index (χ0v) is 21.2. The van der Waals surface area contributed by atoms with E-state index in [4.69, 9.17) is 9.15 Å². The highest BCUT2D eigenvalue weighted by Gasteiger charge is 2.34. The second-order valence-corrected chi connectivity index (χ2v) is 9.98. The number of benzene rings is 2. The van der Waals surface area contributed by atoms with Gasteiger partial charge < -0.3 is 19.0 Å². The van der Waals surface area contributed by atoms with Gasteiger partial charge in [0, 0.05) is 23.1 Å². The molecule has 2 amide bonds. The Morgan fingerprint density at radius 2 is 2.00 bits per heavy atom. The normalized spacial score (nSPS) is 14.8. The van der Waals surface area contributed by atoms with E-state index in [9.17, 15) is 14.0 Å². The average Bonchev–Trinajstić information content (AvgIpc) is 3.59. The van der Waals surface area contributed by atoms with E-state index in [2.05, 4.69) is 0 Å². The number of carbonyl (C=O) groups excluding carboxylic acids is 2. The molecule has 5 rings (SSSR count). The van der Waals surface area contributed by atoms with Gasteiger partial charge in [0.05, 0.1) is 18.8 Å². The quantitative estimate of drug-likeness (QED) is 0.303. The van der Waals surface area contributed by atoms with Crippen LogP contribution in [0, 0.1) is 12.7 Å². The van der Waals surface area contributed by atoms with E-state index < -0.39 is 0 Å². The number of amides is 2. The van der Waals surface area contributed by atoms with Gasteiger partial charge in [-0.2, -0.15) is 0 Å². The molecule has 2 aromatic carbocycles. The van der Waals surface area contributed by atoms with Crippen molar-refractivity contribution in [3.05, 3.63) is 112 Å². The summed E-state index contributed by atoms with van der Waals surface area (Å²) in [5.41, 5.74) is 2.42. The Bertz CT molecular complexity index is 1380. The average molecular weight is 519 g/mol. The van der Waals surface area contributed by atoms with Gasteiger partial charge in [-0.3, -0.25) is 9.59 Å². The summed E-state index contributed by atoms with van der Waals surface area (Å²) < 4.78 is 25.1. The van der Waals surface area contributed by atoms with Crippen molar-refractivity contribution in [3.63, 3.8) is 0 Å². The Balaban J connectivity index is 1.38. The molecule has 0 saturated carbocycles. The van der Waals surface area contributed by atoms with Crippen LogP contribution in [-0.2, 0) is 17.8 Å². The van der Waals surface area contributed by atoms with Crippen molar-refractivity contribution in [1.29, 1.82) is 0 Å². The minimum atomic E-state index is -0.381. The monoisotopic (exact) mass is 518 g/mol. The van der Waals surface area contributed by atoms with Crippen LogP contribution in [0.4, 0.5) is 4.39 Å². The molecular weight excluding hydrogens is 491 g/mol. The highest BCUT2D eigenvalue weighted by Crippen LogP contribution is 2.34. The molecule has 0 unspecified atom stereocenters. The molecule has 4 aromatic rings. The Kier molecular flexibility index (Phi) is 7.37. The minimum absolute atomic E-state index is 0.107. The first-order chi connectivity index (χ1) is 18.0. The van der Waals surface area contributed by atoms with Crippen LogP contribution in [0.2, 0.25) is 0 Å². The number of furan rings is 1. The molecule has 190 valence electrons. The fraction of sp³-hybridized carbons (Fsp3) is 0.241. The van der Waals surface area contributed by atoms with E-state index in [1.54, 1.807) is 52.8 Å². The van der Waals surface area contributed by atoms with Crippen LogP contribution >= 0.6 is 11.3 Å². The molecule has 0 radical (unpaired) electrons. The predicted octanol–water partition coefficient (Wildman–Crippen LogP) is 5.64. The van der Waals surface area contributed by atoms with Gasteiger partial charge in [0.1, 0.15) is 30.5 Å². The first-order valence-corrected chi connectivity index (χ1v) is 13.0. The van der Waals surface area contributed by atoms with Crippen molar-refractivity contribution < 1.29 is 23.1 Å². The van der Waals surface area contributed by atoms with E-state index in [1.165, 1.54) is 21.9 Å². The number of nitrogens with zero attached hydrogens (tertiary/aromatic N) is 2. The molecule has 0 aliphatic carbocycles. The van der Waals surface area contributed by atoms with Crippen molar-refractivity contribution in [1.82, 2.24) is 9.80 Å². The summed E-state index contributed by atoms with van der Waals surface area (Å²) in [5, 5.41) is 2.01. The Morgan fingerprint density at radius 1 is 1.14 bits per heavy atom. The standard InChI is InChI=1S/C29H27FN2O4S/c1-20-6-2-3-10-24(20)29(34)31(17-23-9-5-14-35-23)18-28(33)32-13-11-27-25(12-15-37-27)26(32)19-36-22-8-4-7-21(30)16-22/h2-10,12,14-16,26H,11,13,17-19H2,1H3/t26-/m0/s1. The van der Waals surface area contributed by atoms with Gasteiger partial charge in [-0.05, 0) is 66.2 Å². The van der Waals surface area contributed by atoms with Crippen LogP contribution < -0.4 is 4.74 Å². The van der Waals surface area contributed by atoms with Crippen LogP contribution in [0.25, 0.3) is 0 Å². The molecule has 2 aromatic heterocycles. The molecule has 1 aliphatic rings. The van der Waals surface area contributed by atoms with Crippen molar-refractivity contribution >= 4 is 23.2 Å². The van der Waals surface area contributed by atoms with Crippen LogP contribution in [0.5, 0.6) is 5.75 Å².